The van der Waals surface area contributed by atoms with E-state index in [9.17, 15) is 9.90 Å². The fraction of sp³-hybridized carbons (Fsp3) is 0.643. The van der Waals surface area contributed by atoms with E-state index in [1.54, 1.807) is 7.11 Å². The van der Waals surface area contributed by atoms with Crippen LogP contribution in [0, 0.1) is 0 Å². The first-order valence-corrected chi connectivity index (χ1v) is 7.58. The molecule has 0 saturated heterocycles. The molecule has 0 radical (unpaired) electrons. The minimum absolute atomic E-state index is 0.0109. The Morgan fingerprint density at radius 3 is 2.80 bits per heavy atom. The topological polar surface area (TPSA) is 70.6 Å². The molecule has 1 rings (SSSR count). The minimum Gasteiger partial charge on any atom is -0.387 e. The summed E-state index contributed by atoms with van der Waals surface area (Å²) in [4.78, 5) is 11.7. The van der Waals surface area contributed by atoms with Gasteiger partial charge in [-0.15, -0.1) is 0 Å². The van der Waals surface area contributed by atoms with Crippen LogP contribution in [0.3, 0.4) is 0 Å². The maximum absolute atomic E-state index is 11.7. The van der Waals surface area contributed by atoms with Crippen molar-refractivity contribution >= 4 is 17.4 Å². The second-order valence-corrected chi connectivity index (χ2v) is 6.28. The van der Waals surface area contributed by atoms with E-state index < -0.39 is 6.10 Å². The molecule has 0 fully saturated rings. The molecule has 2 unspecified atom stereocenters. The van der Waals surface area contributed by atoms with E-state index in [0.29, 0.717) is 6.42 Å². The number of methoxy groups -OCH3 is 1. The zero-order chi connectivity index (χ0) is 15.2. The second-order valence-electron chi connectivity index (χ2n) is 5.50. The van der Waals surface area contributed by atoms with Crippen LogP contribution in [0.1, 0.15) is 38.9 Å². The SMILES string of the molecule is COC(C)(C)CC(C)NC(=O)NCC(O)c1ccsc1. The van der Waals surface area contributed by atoms with Gasteiger partial charge in [-0.05, 0) is 49.6 Å². The van der Waals surface area contributed by atoms with Crippen molar-refractivity contribution in [2.24, 2.45) is 0 Å². The van der Waals surface area contributed by atoms with Gasteiger partial charge in [-0.25, -0.2) is 4.79 Å². The first kappa shape index (κ1) is 16.9. The Morgan fingerprint density at radius 2 is 2.25 bits per heavy atom. The smallest absolute Gasteiger partial charge is 0.315 e. The Hall–Kier alpha value is -1.11. The maximum Gasteiger partial charge on any atom is 0.315 e. The molecule has 1 heterocycles. The summed E-state index contributed by atoms with van der Waals surface area (Å²) in [6, 6.07) is 1.56. The Labute approximate surface area is 124 Å². The lowest BCUT2D eigenvalue weighted by Gasteiger charge is -2.27. The van der Waals surface area contributed by atoms with Crippen molar-refractivity contribution in [2.75, 3.05) is 13.7 Å². The monoisotopic (exact) mass is 300 g/mol. The average molecular weight is 300 g/mol. The summed E-state index contributed by atoms with van der Waals surface area (Å²) in [5.41, 5.74) is 0.548. The highest BCUT2D eigenvalue weighted by Gasteiger charge is 2.21. The third-order valence-corrected chi connectivity index (χ3v) is 3.81. The van der Waals surface area contributed by atoms with Crippen LogP contribution in [0.4, 0.5) is 4.79 Å². The van der Waals surface area contributed by atoms with Gasteiger partial charge < -0.3 is 20.5 Å². The molecule has 2 amide bonds. The van der Waals surface area contributed by atoms with Crippen molar-refractivity contribution < 1.29 is 14.6 Å². The molecule has 0 aliphatic heterocycles. The third kappa shape index (κ3) is 5.90. The third-order valence-electron chi connectivity index (χ3n) is 3.11. The lowest BCUT2D eigenvalue weighted by atomic mass is 10.00. The fourth-order valence-corrected chi connectivity index (χ4v) is 2.63. The van der Waals surface area contributed by atoms with Crippen LogP contribution in [0.2, 0.25) is 0 Å². The summed E-state index contributed by atoms with van der Waals surface area (Å²) < 4.78 is 5.33. The van der Waals surface area contributed by atoms with E-state index in [0.717, 1.165) is 5.56 Å². The highest BCUT2D eigenvalue weighted by atomic mass is 32.1. The molecule has 0 bridgehead atoms. The van der Waals surface area contributed by atoms with Crippen LogP contribution in [-0.4, -0.2) is 36.4 Å². The normalized spacial score (nSPS) is 14.7. The lowest BCUT2D eigenvalue weighted by molar-refractivity contribution is 0.00947. The van der Waals surface area contributed by atoms with E-state index >= 15 is 0 Å². The Morgan fingerprint density at radius 1 is 1.55 bits per heavy atom. The van der Waals surface area contributed by atoms with E-state index in [-0.39, 0.29) is 24.2 Å². The quantitative estimate of drug-likeness (QED) is 0.723. The molecule has 2 atom stereocenters. The maximum atomic E-state index is 11.7. The molecule has 20 heavy (non-hydrogen) atoms. The Kier molecular flexibility index (Phi) is 6.45. The first-order valence-electron chi connectivity index (χ1n) is 6.64. The van der Waals surface area contributed by atoms with E-state index in [1.807, 2.05) is 37.6 Å². The number of hydrogen-bond donors (Lipinski definition) is 3. The van der Waals surface area contributed by atoms with E-state index in [1.165, 1.54) is 11.3 Å². The average Bonchev–Trinajstić information content (AvgIpc) is 2.89. The Balaban J connectivity index is 2.30. The molecule has 0 spiro atoms. The van der Waals surface area contributed by atoms with Crippen molar-refractivity contribution in [1.29, 1.82) is 0 Å². The number of nitrogens with one attached hydrogen (secondary N) is 2. The summed E-state index contributed by atoms with van der Waals surface area (Å²) in [5.74, 6) is 0. The molecule has 114 valence electrons. The molecule has 3 N–H and O–H groups in total. The van der Waals surface area contributed by atoms with Gasteiger partial charge in [0.25, 0.3) is 0 Å². The highest BCUT2D eigenvalue weighted by molar-refractivity contribution is 7.07. The van der Waals surface area contributed by atoms with E-state index in [2.05, 4.69) is 10.6 Å². The van der Waals surface area contributed by atoms with Gasteiger partial charge in [-0.3, -0.25) is 0 Å². The minimum atomic E-state index is -0.669. The molecular weight excluding hydrogens is 276 g/mol. The molecule has 0 aromatic carbocycles. The van der Waals surface area contributed by atoms with Gasteiger partial charge in [0.2, 0.25) is 0 Å². The van der Waals surface area contributed by atoms with Gasteiger partial charge in [0, 0.05) is 19.7 Å². The van der Waals surface area contributed by atoms with Crippen molar-refractivity contribution in [3.05, 3.63) is 22.4 Å². The number of urea groups is 1. The van der Waals surface area contributed by atoms with Crippen LogP contribution in [0.5, 0.6) is 0 Å². The van der Waals surface area contributed by atoms with E-state index in [4.69, 9.17) is 4.74 Å². The van der Waals surface area contributed by atoms with Gasteiger partial charge in [0.05, 0.1) is 11.7 Å². The van der Waals surface area contributed by atoms with Gasteiger partial charge in [0.15, 0.2) is 0 Å². The lowest BCUT2D eigenvalue weighted by Crippen LogP contribution is -2.44. The number of hydrogen-bond acceptors (Lipinski definition) is 4. The molecule has 1 aromatic heterocycles. The number of amides is 2. The number of rotatable bonds is 7. The van der Waals surface area contributed by atoms with Crippen LogP contribution in [0.25, 0.3) is 0 Å². The number of aliphatic hydroxyl groups excluding tert-OH is 1. The van der Waals surface area contributed by atoms with Crippen LogP contribution in [-0.2, 0) is 4.74 Å². The van der Waals surface area contributed by atoms with Gasteiger partial charge in [-0.1, -0.05) is 0 Å². The molecule has 0 aliphatic rings. The van der Waals surface area contributed by atoms with Gasteiger partial charge >= 0.3 is 6.03 Å². The first-order chi connectivity index (χ1) is 9.34. The number of aliphatic hydroxyl groups is 1. The molecular formula is C14H24N2O3S. The molecule has 1 aromatic rings. The summed E-state index contributed by atoms with van der Waals surface area (Å²) in [7, 11) is 1.66. The summed E-state index contributed by atoms with van der Waals surface area (Å²) in [6.45, 7) is 6.07. The molecule has 0 saturated carbocycles. The number of thiophene rings is 1. The highest BCUT2D eigenvalue weighted by Crippen LogP contribution is 2.16. The second kappa shape index (κ2) is 7.61. The van der Waals surface area contributed by atoms with Gasteiger partial charge in [-0.2, -0.15) is 11.3 Å². The predicted molar refractivity (Wildman–Crippen MR) is 81.0 cm³/mol. The number of carbonyl (C=O) groups is 1. The molecule has 5 nitrogen and oxygen atoms in total. The zero-order valence-corrected chi connectivity index (χ0v) is 13.3. The van der Waals surface area contributed by atoms with Crippen LogP contribution in [0.15, 0.2) is 16.8 Å². The summed E-state index contributed by atoms with van der Waals surface area (Å²) in [5, 5.41) is 19.1. The standard InChI is InChI=1S/C14H24N2O3S/c1-10(7-14(2,3)19-4)16-13(18)15-8-12(17)11-5-6-20-9-11/h5-6,9-10,12,17H,7-8H2,1-4H3,(H2,15,16,18). The predicted octanol–water partition coefficient (Wildman–Crippen LogP) is 2.28. The van der Waals surface area contributed by atoms with Crippen molar-refractivity contribution in [1.82, 2.24) is 10.6 Å². The van der Waals surface area contributed by atoms with Crippen molar-refractivity contribution in [3.63, 3.8) is 0 Å². The molecule has 6 heteroatoms. The van der Waals surface area contributed by atoms with Crippen LogP contribution < -0.4 is 10.6 Å². The van der Waals surface area contributed by atoms with Crippen molar-refractivity contribution in [3.8, 4) is 0 Å². The fourth-order valence-electron chi connectivity index (χ4n) is 1.92. The van der Waals surface area contributed by atoms with Gasteiger partial charge in [0.1, 0.15) is 0 Å². The Bertz CT molecular complexity index is 407. The largest absolute Gasteiger partial charge is 0.387 e. The summed E-state index contributed by atoms with van der Waals surface area (Å²) >= 11 is 1.52. The van der Waals surface area contributed by atoms with Crippen LogP contribution >= 0.6 is 11.3 Å². The zero-order valence-electron chi connectivity index (χ0n) is 12.5. The number of ether oxygens (including phenoxy) is 1. The summed E-state index contributed by atoms with van der Waals surface area (Å²) in [6.07, 6.45) is 0.0435. The van der Waals surface area contributed by atoms with Crippen molar-refractivity contribution in [2.45, 2.75) is 44.9 Å². The molecule has 0 aliphatic carbocycles. The number of carbonyl (C=O) groups excluding carboxylic acids is 1.